The Morgan fingerprint density at radius 1 is 1.55 bits per heavy atom. The van der Waals surface area contributed by atoms with Crippen LogP contribution in [0.3, 0.4) is 0 Å². The molecule has 0 aliphatic carbocycles. The van der Waals surface area contributed by atoms with Crippen molar-refractivity contribution in [1.29, 1.82) is 0 Å². The molecule has 0 radical (unpaired) electrons. The highest BCUT2D eigenvalue weighted by atomic mass is 28.3. The maximum absolute atomic E-state index is 10.4. The topological polar surface area (TPSA) is 52.3 Å². The number of hydrogen-bond donors (Lipinski definition) is 1. The molecule has 0 aromatic rings. The zero-order valence-corrected chi connectivity index (χ0v) is 8.68. The lowest BCUT2D eigenvalue weighted by Gasteiger charge is -2.26. The minimum atomic E-state index is -1.37. The van der Waals surface area contributed by atoms with Crippen molar-refractivity contribution in [2.24, 2.45) is 5.73 Å². The molecule has 0 spiro atoms. The van der Waals surface area contributed by atoms with E-state index in [0.29, 0.717) is 0 Å². The Morgan fingerprint density at radius 2 is 2.00 bits per heavy atom. The molecule has 1 atom stereocenters. The van der Waals surface area contributed by atoms with E-state index < -0.39 is 14.2 Å². The molecule has 4 heteroatoms. The molecule has 0 aliphatic heterocycles. The van der Waals surface area contributed by atoms with Crippen LogP contribution in [0, 0.1) is 0 Å². The number of ether oxygens (including phenoxy) is 1. The maximum atomic E-state index is 10.4. The number of rotatable bonds is 3. The highest BCUT2D eigenvalue weighted by Gasteiger charge is 2.27. The SMILES string of the molecule is CCC(OC(N)=O)[Si](C)(C)C. The first-order valence-corrected chi connectivity index (χ1v) is 7.41. The largest absolute Gasteiger partial charge is 0.450 e. The number of hydrogen-bond acceptors (Lipinski definition) is 2. The van der Waals surface area contributed by atoms with Gasteiger partial charge >= 0.3 is 6.09 Å². The monoisotopic (exact) mass is 175 g/mol. The lowest BCUT2D eigenvalue weighted by atomic mass is 10.5. The third-order valence-electron chi connectivity index (χ3n) is 1.60. The van der Waals surface area contributed by atoms with E-state index in [1.807, 2.05) is 6.92 Å². The molecule has 0 saturated heterocycles. The van der Waals surface area contributed by atoms with Crippen LogP contribution in [0.5, 0.6) is 0 Å². The van der Waals surface area contributed by atoms with Crippen LogP contribution in [-0.2, 0) is 4.74 Å². The zero-order valence-electron chi connectivity index (χ0n) is 7.68. The summed E-state index contributed by atoms with van der Waals surface area (Å²) in [7, 11) is -1.37. The molecule has 0 heterocycles. The van der Waals surface area contributed by atoms with Crippen LogP contribution in [0.15, 0.2) is 0 Å². The van der Waals surface area contributed by atoms with Crippen LogP contribution in [-0.4, -0.2) is 19.9 Å². The first-order valence-electron chi connectivity index (χ1n) is 3.84. The summed E-state index contributed by atoms with van der Waals surface area (Å²) in [5, 5.41) is 0. The van der Waals surface area contributed by atoms with Gasteiger partial charge in [-0.2, -0.15) is 0 Å². The van der Waals surface area contributed by atoms with Gasteiger partial charge in [0.2, 0.25) is 0 Å². The van der Waals surface area contributed by atoms with Gasteiger partial charge in [-0.3, -0.25) is 0 Å². The first-order chi connectivity index (χ1) is 4.88. The van der Waals surface area contributed by atoms with Crippen molar-refractivity contribution in [3.05, 3.63) is 0 Å². The standard InChI is InChI=1S/C7H17NO2Si/c1-5-6(10-7(8)9)11(2,3)4/h6H,5H2,1-4H3,(H2,8,9). The van der Waals surface area contributed by atoms with Gasteiger partial charge in [-0.1, -0.05) is 26.6 Å². The van der Waals surface area contributed by atoms with E-state index in [9.17, 15) is 4.79 Å². The van der Waals surface area contributed by atoms with Gasteiger partial charge in [0.25, 0.3) is 0 Å². The molecule has 0 rings (SSSR count). The molecule has 0 saturated carbocycles. The van der Waals surface area contributed by atoms with E-state index in [-0.39, 0.29) is 5.73 Å². The van der Waals surface area contributed by atoms with E-state index in [1.54, 1.807) is 0 Å². The van der Waals surface area contributed by atoms with Crippen LogP contribution >= 0.6 is 0 Å². The van der Waals surface area contributed by atoms with E-state index in [2.05, 4.69) is 19.6 Å². The number of primary amides is 1. The van der Waals surface area contributed by atoms with Gasteiger partial charge in [0.05, 0.1) is 13.8 Å². The second-order valence-corrected chi connectivity index (χ2v) is 9.08. The van der Waals surface area contributed by atoms with Crippen molar-refractivity contribution in [3.8, 4) is 0 Å². The molecule has 1 unspecified atom stereocenters. The summed E-state index contributed by atoms with van der Waals surface area (Å²) < 4.78 is 4.96. The van der Waals surface area contributed by atoms with Crippen molar-refractivity contribution in [2.45, 2.75) is 38.7 Å². The minimum Gasteiger partial charge on any atom is -0.450 e. The molecule has 0 fully saturated rings. The predicted molar refractivity (Wildman–Crippen MR) is 48.1 cm³/mol. The maximum Gasteiger partial charge on any atom is 0.404 e. The third-order valence-corrected chi connectivity index (χ3v) is 4.05. The third kappa shape index (κ3) is 4.03. The number of nitrogens with two attached hydrogens (primary N) is 1. The predicted octanol–water partition coefficient (Wildman–Crippen LogP) is 1.74. The molecule has 2 N–H and O–H groups in total. The highest BCUT2D eigenvalue weighted by Crippen LogP contribution is 2.14. The number of carbonyl (C=O) groups excluding carboxylic acids is 1. The van der Waals surface area contributed by atoms with Gasteiger partial charge in [-0.15, -0.1) is 0 Å². The summed E-state index contributed by atoms with van der Waals surface area (Å²) in [6.07, 6.45) is 0.206. The summed E-state index contributed by atoms with van der Waals surface area (Å²) in [5.74, 6) is 0. The smallest absolute Gasteiger partial charge is 0.404 e. The van der Waals surface area contributed by atoms with Crippen molar-refractivity contribution in [1.82, 2.24) is 0 Å². The Bertz CT molecular complexity index is 142. The van der Waals surface area contributed by atoms with Crippen LogP contribution in [0.2, 0.25) is 19.6 Å². The van der Waals surface area contributed by atoms with E-state index >= 15 is 0 Å². The van der Waals surface area contributed by atoms with Gasteiger partial charge in [0, 0.05) is 0 Å². The lowest BCUT2D eigenvalue weighted by molar-refractivity contribution is 0.136. The lowest BCUT2D eigenvalue weighted by Crippen LogP contribution is -2.42. The van der Waals surface area contributed by atoms with Crippen molar-refractivity contribution < 1.29 is 9.53 Å². The van der Waals surface area contributed by atoms with Crippen LogP contribution < -0.4 is 5.73 Å². The van der Waals surface area contributed by atoms with E-state index in [4.69, 9.17) is 10.5 Å². The second-order valence-electron chi connectivity index (χ2n) is 3.70. The van der Waals surface area contributed by atoms with Gasteiger partial charge in [0.1, 0.15) is 0 Å². The Hall–Kier alpha value is -0.513. The fraction of sp³-hybridized carbons (Fsp3) is 0.857. The molecule has 1 amide bonds. The molecule has 0 bridgehead atoms. The molecule has 0 aliphatic rings. The van der Waals surface area contributed by atoms with E-state index in [0.717, 1.165) is 6.42 Å². The number of carbonyl (C=O) groups is 1. The molecule has 66 valence electrons. The number of amides is 1. The average Bonchev–Trinajstić information content (AvgIpc) is 1.79. The Kier molecular flexibility index (Phi) is 3.58. The normalized spacial score (nSPS) is 14.2. The first kappa shape index (κ1) is 10.5. The van der Waals surface area contributed by atoms with Crippen molar-refractivity contribution in [3.63, 3.8) is 0 Å². The van der Waals surface area contributed by atoms with Crippen LogP contribution in [0.25, 0.3) is 0 Å². The van der Waals surface area contributed by atoms with Crippen molar-refractivity contribution in [2.75, 3.05) is 0 Å². The molecule has 0 aromatic carbocycles. The molecule has 3 nitrogen and oxygen atoms in total. The molecule has 0 aromatic heterocycles. The average molecular weight is 175 g/mol. The van der Waals surface area contributed by atoms with Gasteiger partial charge in [0.15, 0.2) is 0 Å². The van der Waals surface area contributed by atoms with Gasteiger partial charge in [-0.25, -0.2) is 4.79 Å². The summed E-state index contributed by atoms with van der Waals surface area (Å²) in [6.45, 7) is 8.48. The van der Waals surface area contributed by atoms with Crippen LogP contribution in [0.4, 0.5) is 4.79 Å². The van der Waals surface area contributed by atoms with Crippen LogP contribution in [0.1, 0.15) is 13.3 Å². The molecule has 11 heavy (non-hydrogen) atoms. The zero-order chi connectivity index (χ0) is 9.07. The summed E-state index contributed by atoms with van der Waals surface area (Å²) >= 11 is 0. The van der Waals surface area contributed by atoms with Gasteiger partial charge in [-0.05, 0) is 6.42 Å². The fourth-order valence-corrected chi connectivity index (χ4v) is 2.71. The Labute approximate surface area is 68.9 Å². The summed E-state index contributed by atoms with van der Waals surface area (Å²) in [6, 6.07) is 0. The Morgan fingerprint density at radius 3 is 2.09 bits per heavy atom. The summed E-state index contributed by atoms with van der Waals surface area (Å²) in [4.78, 5) is 10.4. The summed E-state index contributed by atoms with van der Waals surface area (Å²) in [5.41, 5.74) is 4.98. The Balaban J connectivity index is 4.07. The second kappa shape index (κ2) is 3.76. The van der Waals surface area contributed by atoms with Gasteiger partial charge < -0.3 is 10.5 Å². The minimum absolute atomic E-state index is 0.0556. The fourth-order valence-electron chi connectivity index (χ4n) is 1.01. The quantitative estimate of drug-likeness (QED) is 0.664. The van der Waals surface area contributed by atoms with Crippen molar-refractivity contribution >= 4 is 14.2 Å². The molecular weight excluding hydrogens is 158 g/mol. The molecular formula is C7H17NO2Si. The van der Waals surface area contributed by atoms with E-state index in [1.165, 1.54) is 0 Å². The highest BCUT2D eigenvalue weighted by molar-refractivity contribution is 6.77.